The van der Waals surface area contributed by atoms with Crippen LogP contribution in [0.25, 0.3) is 6.08 Å². The maximum atomic E-state index is 12.6. The maximum absolute atomic E-state index is 12.6. The molecule has 32 heavy (non-hydrogen) atoms. The van der Waals surface area contributed by atoms with Crippen LogP contribution in [0.15, 0.2) is 41.3 Å². The number of halogens is 1. The Kier molecular flexibility index (Phi) is 7.16. The number of ether oxygens (including phenoxy) is 1. The SMILES string of the molecule is COc1cc(C(=O)NCCN2C(=O)SC(=Cc3ccc(Cl)c([N+](=O)[O-])c3)C2=O)ccc1C. The molecule has 11 heteroatoms. The number of methoxy groups -OCH3 is 1. The molecular weight excluding hydrogens is 458 g/mol. The highest BCUT2D eigenvalue weighted by atomic mass is 35.5. The van der Waals surface area contributed by atoms with E-state index in [0.717, 1.165) is 22.2 Å². The van der Waals surface area contributed by atoms with Crippen LogP contribution in [0.4, 0.5) is 10.5 Å². The molecule has 1 fully saturated rings. The Hall–Kier alpha value is -3.37. The molecule has 3 amide bonds. The van der Waals surface area contributed by atoms with Gasteiger partial charge in [0.2, 0.25) is 0 Å². The number of hydrogen-bond donors (Lipinski definition) is 1. The standard InChI is InChI=1S/C21H18ClN3O6S/c1-12-3-5-14(11-17(12)31-2)19(26)23-7-8-24-20(27)18(32-21(24)28)10-13-4-6-15(22)16(9-13)25(29)30/h3-6,9-11H,7-8H2,1-2H3,(H,23,26). The van der Waals surface area contributed by atoms with Gasteiger partial charge in [0, 0.05) is 24.7 Å². The van der Waals surface area contributed by atoms with Crippen LogP contribution in [0.3, 0.4) is 0 Å². The van der Waals surface area contributed by atoms with Gasteiger partial charge >= 0.3 is 0 Å². The van der Waals surface area contributed by atoms with Crippen molar-refractivity contribution in [2.24, 2.45) is 0 Å². The van der Waals surface area contributed by atoms with Gasteiger partial charge in [0.15, 0.2) is 0 Å². The van der Waals surface area contributed by atoms with E-state index < -0.39 is 16.1 Å². The Morgan fingerprint density at radius 2 is 2.03 bits per heavy atom. The van der Waals surface area contributed by atoms with Gasteiger partial charge in [-0.15, -0.1) is 0 Å². The second-order valence-corrected chi connectivity index (χ2v) is 8.14. The lowest BCUT2D eigenvalue weighted by Crippen LogP contribution is -2.37. The number of imide groups is 1. The molecule has 1 aliphatic heterocycles. The van der Waals surface area contributed by atoms with Gasteiger partial charge in [-0.1, -0.05) is 23.7 Å². The van der Waals surface area contributed by atoms with Gasteiger partial charge < -0.3 is 10.1 Å². The van der Waals surface area contributed by atoms with E-state index in [-0.39, 0.29) is 34.6 Å². The molecule has 3 rings (SSSR count). The number of hydrogen-bond acceptors (Lipinski definition) is 7. The van der Waals surface area contributed by atoms with Crippen LogP contribution in [0.2, 0.25) is 5.02 Å². The number of carbonyl (C=O) groups is 3. The van der Waals surface area contributed by atoms with E-state index in [2.05, 4.69) is 5.32 Å². The molecule has 166 valence electrons. The molecule has 0 saturated carbocycles. The zero-order valence-corrected chi connectivity index (χ0v) is 18.7. The topological polar surface area (TPSA) is 119 Å². The largest absolute Gasteiger partial charge is 0.496 e. The van der Waals surface area contributed by atoms with Crippen molar-refractivity contribution in [3.63, 3.8) is 0 Å². The molecule has 2 aromatic carbocycles. The first-order valence-corrected chi connectivity index (χ1v) is 10.5. The van der Waals surface area contributed by atoms with Crippen molar-refractivity contribution in [2.45, 2.75) is 6.92 Å². The van der Waals surface area contributed by atoms with E-state index >= 15 is 0 Å². The molecule has 9 nitrogen and oxygen atoms in total. The van der Waals surface area contributed by atoms with Crippen LogP contribution < -0.4 is 10.1 Å². The van der Waals surface area contributed by atoms with Crippen LogP contribution in [0.5, 0.6) is 5.75 Å². The molecule has 1 aliphatic rings. The second kappa shape index (κ2) is 9.84. The van der Waals surface area contributed by atoms with E-state index in [1.54, 1.807) is 18.2 Å². The fourth-order valence-electron chi connectivity index (χ4n) is 2.95. The van der Waals surface area contributed by atoms with Crippen LogP contribution in [-0.2, 0) is 4.79 Å². The van der Waals surface area contributed by atoms with Crippen molar-refractivity contribution in [1.82, 2.24) is 10.2 Å². The van der Waals surface area contributed by atoms with E-state index in [9.17, 15) is 24.5 Å². The normalized spacial score (nSPS) is 14.7. The van der Waals surface area contributed by atoms with Gasteiger partial charge in [-0.2, -0.15) is 0 Å². The average molecular weight is 476 g/mol. The van der Waals surface area contributed by atoms with Crippen LogP contribution >= 0.6 is 23.4 Å². The summed E-state index contributed by atoms with van der Waals surface area (Å²) in [6.07, 6.45) is 1.39. The molecule has 1 heterocycles. The number of nitro groups is 1. The fourth-order valence-corrected chi connectivity index (χ4v) is 4.00. The van der Waals surface area contributed by atoms with Crippen LogP contribution in [0, 0.1) is 17.0 Å². The molecule has 0 aromatic heterocycles. The highest BCUT2D eigenvalue weighted by molar-refractivity contribution is 8.18. The third-order valence-corrected chi connectivity index (χ3v) is 5.86. The summed E-state index contributed by atoms with van der Waals surface area (Å²) in [6.45, 7) is 1.90. The first-order chi connectivity index (χ1) is 15.2. The Bertz CT molecular complexity index is 1150. The summed E-state index contributed by atoms with van der Waals surface area (Å²) < 4.78 is 5.21. The lowest BCUT2D eigenvalue weighted by atomic mass is 10.1. The number of nitro benzene ring substituents is 1. The molecule has 0 unspecified atom stereocenters. The minimum Gasteiger partial charge on any atom is -0.496 e. The lowest BCUT2D eigenvalue weighted by Gasteiger charge is -2.13. The number of carbonyl (C=O) groups excluding carboxylic acids is 3. The summed E-state index contributed by atoms with van der Waals surface area (Å²) >= 11 is 6.52. The fraction of sp³-hybridized carbons (Fsp3) is 0.190. The van der Waals surface area contributed by atoms with Crippen molar-refractivity contribution in [2.75, 3.05) is 20.2 Å². The van der Waals surface area contributed by atoms with Gasteiger partial charge in [-0.3, -0.25) is 29.4 Å². The summed E-state index contributed by atoms with van der Waals surface area (Å²) in [4.78, 5) is 48.7. The molecule has 1 saturated heterocycles. The zero-order valence-electron chi connectivity index (χ0n) is 17.1. The molecule has 0 atom stereocenters. The van der Waals surface area contributed by atoms with Gasteiger partial charge in [-0.25, -0.2) is 0 Å². The Labute approximate surface area is 192 Å². The van der Waals surface area contributed by atoms with Crippen molar-refractivity contribution in [1.29, 1.82) is 0 Å². The monoisotopic (exact) mass is 475 g/mol. The summed E-state index contributed by atoms with van der Waals surface area (Å²) in [6, 6.07) is 9.12. The number of thioether (sulfide) groups is 1. The summed E-state index contributed by atoms with van der Waals surface area (Å²) in [5.74, 6) is -0.320. The smallest absolute Gasteiger partial charge is 0.293 e. The molecule has 0 aliphatic carbocycles. The number of nitrogens with one attached hydrogen (secondary N) is 1. The average Bonchev–Trinajstić information content (AvgIpc) is 3.02. The third-order valence-electron chi connectivity index (χ3n) is 4.63. The number of nitrogens with zero attached hydrogens (tertiary/aromatic N) is 2. The van der Waals surface area contributed by atoms with Crippen molar-refractivity contribution < 1.29 is 24.0 Å². The summed E-state index contributed by atoms with van der Waals surface area (Å²) in [7, 11) is 1.51. The van der Waals surface area contributed by atoms with Crippen LogP contribution in [0.1, 0.15) is 21.5 Å². The predicted molar refractivity (Wildman–Crippen MR) is 121 cm³/mol. The number of benzene rings is 2. The highest BCUT2D eigenvalue weighted by Gasteiger charge is 2.34. The minimum absolute atomic E-state index is 0.0164. The van der Waals surface area contributed by atoms with Gasteiger partial charge in [0.25, 0.3) is 22.7 Å². The van der Waals surface area contributed by atoms with Crippen molar-refractivity contribution in [3.05, 3.63) is 73.1 Å². The molecular formula is C21H18ClN3O6S. The van der Waals surface area contributed by atoms with E-state index in [0.29, 0.717) is 16.9 Å². The van der Waals surface area contributed by atoms with Crippen molar-refractivity contribution in [3.8, 4) is 5.75 Å². The minimum atomic E-state index is -0.627. The molecule has 0 spiro atoms. The molecule has 1 N–H and O–H groups in total. The van der Waals surface area contributed by atoms with Gasteiger partial charge in [0.1, 0.15) is 10.8 Å². The summed E-state index contributed by atoms with van der Waals surface area (Å²) in [5.41, 5.74) is 1.36. The maximum Gasteiger partial charge on any atom is 0.293 e. The van der Waals surface area contributed by atoms with Gasteiger partial charge in [-0.05, 0) is 54.1 Å². The highest BCUT2D eigenvalue weighted by Crippen LogP contribution is 2.33. The number of rotatable bonds is 7. The predicted octanol–water partition coefficient (Wildman–Crippen LogP) is 4.03. The Morgan fingerprint density at radius 3 is 2.72 bits per heavy atom. The lowest BCUT2D eigenvalue weighted by molar-refractivity contribution is -0.384. The Morgan fingerprint density at radius 1 is 1.28 bits per heavy atom. The first kappa shape index (κ1) is 23.3. The van der Waals surface area contributed by atoms with E-state index in [1.807, 2.05) is 6.92 Å². The number of amides is 3. The molecule has 2 aromatic rings. The zero-order chi connectivity index (χ0) is 23.4. The Balaban J connectivity index is 1.64. The molecule has 0 radical (unpaired) electrons. The van der Waals surface area contributed by atoms with Gasteiger partial charge in [0.05, 0.1) is 16.9 Å². The van der Waals surface area contributed by atoms with E-state index in [4.69, 9.17) is 16.3 Å². The first-order valence-electron chi connectivity index (χ1n) is 9.33. The molecule has 0 bridgehead atoms. The summed E-state index contributed by atoms with van der Waals surface area (Å²) in [5, 5.41) is 13.2. The third kappa shape index (κ3) is 5.09. The number of aryl methyl sites for hydroxylation is 1. The van der Waals surface area contributed by atoms with E-state index in [1.165, 1.54) is 31.4 Å². The second-order valence-electron chi connectivity index (χ2n) is 6.74. The van der Waals surface area contributed by atoms with Crippen LogP contribution in [-0.4, -0.2) is 47.1 Å². The van der Waals surface area contributed by atoms with Crippen molar-refractivity contribution >= 4 is 52.2 Å². The quantitative estimate of drug-likeness (QED) is 0.364.